The second-order valence-corrected chi connectivity index (χ2v) is 3.44. The number of fused-ring (bicyclic) bond motifs is 1. The molecule has 0 fully saturated rings. The molecule has 2 nitrogen and oxygen atoms in total. The molecule has 2 aromatic rings. The molecule has 1 aromatic carbocycles. The molecule has 0 N–H and O–H groups in total. The van der Waals surface area contributed by atoms with Gasteiger partial charge in [0, 0.05) is 11.6 Å². The maximum atomic E-state index is 5.98. The molecule has 0 aliphatic rings. The minimum Gasteiger partial charge on any atom is -0.490 e. The molecule has 76 valence electrons. The molecule has 1 aromatic heterocycles. The maximum absolute atomic E-state index is 5.98. The molecule has 0 spiro atoms. The van der Waals surface area contributed by atoms with E-state index in [0.717, 1.165) is 16.5 Å². The molecule has 0 saturated carbocycles. The Morgan fingerprint density at radius 3 is 3.07 bits per heavy atom. The molecular formula is C12H10ClNO. The highest BCUT2D eigenvalue weighted by Gasteiger charge is 2.01. The number of benzene rings is 1. The molecule has 0 unspecified atom stereocenters. The van der Waals surface area contributed by atoms with Crippen LogP contribution in [0.25, 0.3) is 10.8 Å². The molecule has 15 heavy (non-hydrogen) atoms. The van der Waals surface area contributed by atoms with Crippen molar-refractivity contribution in [2.45, 2.75) is 0 Å². The highest BCUT2D eigenvalue weighted by atomic mass is 35.5. The first-order valence-corrected chi connectivity index (χ1v) is 4.97. The van der Waals surface area contributed by atoms with Crippen molar-refractivity contribution < 1.29 is 4.74 Å². The second-order valence-electron chi connectivity index (χ2n) is 3.08. The van der Waals surface area contributed by atoms with Crippen LogP contribution in [0, 0.1) is 0 Å². The van der Waals surface area contributed by atoms with Gasteiger partial charge in [0.15, 0.2) is 0 Å². The molecule has 0 aliphatic heterocycles. The summed E-state index contributed by atoms with van der Waals surface area (Å²) in [6, 6.07) is 7.66. The van der Waals surface area contributed by atoms with Crippen LogP contribution in [0.15, 0.2) is 43.1 Å². The molecule has 0 bridgehead atoms. The van der Waals surface area contributed by atoms with Crippen molar-refractivity contribution in [3.63, 3.8) is 0 Å². The third-order valence-corrected chi connectivity index (χ3v) is 2.36. The molecule has 0 atom stereocenters. The van der Waals surface area contributed by atoms with Crippen LogP contribution < -0.4 is 4.74 Å². The van der Waals surface area contributed by atoms with E-state index in [4.69, 9.17) is 16.3 Å². The maximum Gasteiger partial charge on any atom is 0.136 e. The Balaban J connectivity index is 2.45. The van der Waals surface area contributed by atoms with E-state index in [2.05, 4.69) is 11.6 Å². The van der Waals surface area contributed by atoms with Crippen molar-refractivity contribution >= 4 is 22.4 Å². The standard InChI is InChI=1S/C12H10ClNO/c1-2-7-15-10-4-3-9-5-6-14-12(13)11(9)8-10/h2-6,8H,1,7H2. The van der Waals surface area contributed by atoms with E-state index in [1.54, 1.807) is 12.3 Å². The van der Waals surface area contributed by atoms with Gasteiger partial charge in [-0.05, 0) is 23.6 Å². The number of nitrogens with zero attached hydrogens (tertiary/aromatic N) is 1. The zero-order chi connectivity index (χ0) is 10.7. The summed E-state index contributed by atoms with van der Waals surface area (Å²) in [6.45, 7) is 4.08. The van der Waals surface area contributed by atoms with Crippen LogP contribution in [0.5, 0.6) is 5.75 Å². The number of pyridine rings is 1. The summed E-state index contributed by atoms with van der Waals surface area (Å²) in [5, 5.41) is 2.46. The Morgan fingerprint density at radius 2 is 2.27 bits per heavy atom. The summed E-state index contributed by atoms with van der Waals surface area (Å²) in [6.07, 6.45) is 3.39. The van der Waals surface area contributed by atoms with E-state index in [0.29, 0.717) is 11.8 Å². The summed E-state index contributed by atoms with van der Waals surface area (Å²) in [4.78, 5) is 4.02. The van der Waals surface area contributed by atoms with Gasteiger partial charge >= 0.3 is 0 Å². The van der Waals surface area contributed by atoms with Gasteiger partial charge in [-0.15, -0.1) is 0 Å². The van der Waals surface area contributed by atoms with Crippen LogP contribution in [0.1, 0.15) is 0 Å². The number of rotatable bonds is 3. The van der Waals surface area contributed by atoms with Crippen LogP contribution >= 0.6 is 11.6 Å². The first kappa shape index (κ1) is 9.99. The SMILES string of the molecule is C=CCOc1ccc2ccnc(Cl)c2c1. The van der Waals surface area contributed by atoms with E-state index >= 15 is 0 Å². The molecule has 3 heteroatoms. The van der Waals surface area contributed by atoms with Crippen molar-refractivity contribution in [2.24, 2.45) is 0 Å². The molecule has 2 rings (SSSR count). The lowest BCUT2D eigenvalue weighted by atomic mass is 10.2. The van der Waals surface area contributed by atoms with Crippen LogP contribution in [-0.4, -0.2) is 11.6 Å². The normalized spacial score (nSPS) is 10.2. The summed E-state index contributed by atoms with van der Waals surface area (Å²) < 4.78 is 5.41. The fourth-order valence-corrected chi connectivity index (χ4v) is 1.58. The number of hydrogen-bond acceptors (Lipinski definition) is 2. The van der Waals surface area contributed by atoms with Crippen molar-refractivity contribution in [3.05, 3.63) is 48.3 Å². The monoisotopic (exact) mass is 219 g/mol. The van der Waals surface area contributed by atoms with E-state index in [-0.39, 0.29) is 0 Å². The van der Waals surface area contributed by atoms with Crippen LogP contribution in [0.3, 0.4) is 0 Å². The first-order chi connectivity index (χ1) is 7.31. The molecule has 0 aliphatic carbocycles. The van der Waals surface area contributed by atoms with Crippen LogP contribution in [0.4, 0.5) is 0 Å². The molecule has 0 saturated heterocycles. The van der Waals surface area contributed by atoms with E-state index in [1.165, 1.54) is 0 Å². The van der Waals surface area contributed by atoms with Crippen LogP contribution in [-0.2, 0) is 0 Å². The third kappa shape index (κ3) is 2.10. The highest BCUT2D eigenvalue weighted by molar-refractivity contribution is 6.34. The number of halogens is 1. The first-order valence-electron chi connectivity index (χ1n) is 4.59. The largest absolute Gasteiger partial charge is 0.490 e. The lowest BCUT2D eigenvalue weighted by Crippen LogP contribution is -1.92. The lowest BCUT2D eigenvalue weighted by molar-refractivity contribution is 0.364. The summed E-state index contributed by atoms with van der Waals surface area (Å²) in [5.41, 5.74) is 0. The predicted molar refractivity (Wildman–Crippen MR) is 62.4 cm³/mol. The predicted octanol–water partition coefficient (Wildman–Crippen LogP) is 3.45. The topological polar surface area (TPSA) is 22.1 Å². The Labute approximate surface area is 93.2 Å². The quantitative estimate of drug-likeness (QED) is 0.583. The molecule has 0 radical (unpaired) electrons. The van der Waals surface area contributed by atoms with Gasteiger partial charge in [-0.3, -0.25) is 0 Å². The van der Waals surface area contributed by atoms with Crippen molar-refractivity contribution in [2.75, 3.05) is 6.61 Å². The van der Waals surface area contributed by atoms with Gasteiger partial charge in [0.25, 0.3) is 0 Å². The Bertz CT molecular complexity index is 496. The fraction of sp³-hybridized carbons (Fsp3) is 0.0833. The van der Waals surface area contributed by atoms with Crippen molar-refractivity contribution in [1.29, 1.82) is 0 Å². The second kappa shape index (κ2) is 4.32. The molecular weight excluding hydrogens is 210 g/mol. The van der Waals surface area contributed by atoms with Gasteiger partial charge in [0.2, 0.25) is 0 Å². The molecule has 0 amide bonds. The molecule has 1 heterocycles. The number of hydrogen-bond donors (Lipinski definition) is 0. The average molecular weight is 220 g/mol. The summed E-state index contributed by atoms with van der Waals surface area (Å²) >= 11 is 5.98. The smallest absolute Gasteiger partial charge is 0.136 e. The average Bonchev–Trinajstić information content (AvgIpc) is 2.27. The number of ether oxygens (including phenoxy) is 1. The highest BCUT2D eigenvalue weighted by Crippen LogP contribution is 2.25. The van der Waals surface area contributed by atoms with E-state index < -0.39 is 0 Å². The van der Waals surface area contributed by atoms with Gasteiger partial charge in [-0.1, -0.05) is 30.3 Å². The fourth-order valence-electron chi connectivity index (χ4n) is 1.36. The van der Waals surface area contributed by atoms with Gasteiger partial charge in [0.05, 0.1) is 0 Å². The van der Waals surface area contributed by atoms with Crippen LogP contribution in [0.2, 0.25) is 5.15 Å². The van der Waals surface area contributed by atoms with Gasteiger partial charge in [-0.2, -0.15) is 0 Å². The Kier molecular flexibility index (Phi) is 2.88. The number of aromatic nitrogens is 1. The summed E-state index contributed by atoms with van der Waals surface area (Å²) in [7, 11) is 0. The van der Waals surface area contributed by atoms with Gasteiger partial charge in [0.1, 0.15) is 17.5 Å². The van der Waals surface area contributed by atoms with E-state index in [9.17, 15) is 0 Å². The minimum atomic E-state index is 0.489. The Morgan fingerprint density at radius 1 is 1.40 bits per heavy atom. The van der Waals surface area contributed by atoms with E-state index in [1.807, 2.05) is 24.3 Å². The Hall–Kier alpha value is -1.54. The lowest BCUT2D eigenvalue weighted by Gasteiger charge is -2.05. The summed E-state index contributed by atoms with van der Waals surface area (Å²) in [5.74, 6) is 0.775. The zero-order valence-corrected chi connectivity index (χ0v) is 8.87. The zero-order valence-electron chi connectivity index (χ0n) is 8.11. The van der Waals surface area contributed by atoms with Crippen molar-refractivity contribution in [3.8, 4) is 5.75 Å². The van der Waals surface area contributed by atoms with Gasteiger partial charge < -0.3 is 4.74 Å². The van der Waals surface area contributed by atoms with Gasteiger partial charge in [-0.25, -0.2) is 4.98 Å². The third-order valence-electron chi connectivity index (χ3n) is 2.06. The van der Waals surface area contributed by atoms with Crippen molar-refractivity contribution in [1.82, 2.24) is 4.98 Å². The minimum absolute atomic E-state index is 0.489.